The topological polar surface area (TPSA) is 74.5 Å². The van der Waals surface area contributed by atoms with Gasteiger partial charge in [-0.05, 0) is 13.3 Å². The maximum absolute atomic E-state index is 12.0. The van der Waals surface area contributed by atoms with Gasteiger partial charge in [-0.3, -0.25) is 14.2 Å². The minimum absolute atomic E-state index is 0.157. The predicted molar refractivity (Wildman–Crippen MR) is 80.3 cm³/mol. The number of fused-ring (bicyclic) bond motifs is 1. The zero-order chi connectivity index (χ0) is 13.8. The lowest BCUT2D eigenvalue weighted by Crippen LogP contribution is -2.15. The van der Waals surface area contributed by atoms with E-state index in [0.717, 1.165) is 23.0 Å². The molecule has 0 aromatic carbocycles. The molecule has 2 aromatic rings. The summed E-state index contributed by atoms with van der Waals surface area (Å²) in [4.78, 5) is 23.1. The summed E-state index contributed by atoms with van der Waals surface area (Å²) in [5.74, 6) is 1.51. The Kier molecular flexibility index (Phi) is 4.26. The fourth-order valence-electron chi connectivity index (χ4n) is 1.71. The van der Waals surface area contributed by atoms with Gasteiger partial charge in [-0.25, -0.2) is 4.98 Å². The quantitative estimate of drug-likeness (QED) is 0.664. The summed E-state index contributed by atoms with van der Waals surface area (Å²) in [5, 5.41) is 3.87. The maximum atomic E-state index is 12.0. The van der Waals surface area contributed by atoms with Gasteiger partial charge >= 0.3 is 0 Å². The van der Waals surface area contributed by atoms with Crippen LogP contribution in [0.5, 0.6) is 0 Å². The van der Waals surface area contributed by atoms with E-state index in [1.54, 1.807) is 29.5 Å². The van der Waals surface area contributed by atoms with Gasteiger partial charge in [-0.15, -0.1) is 0 Å². The van der Waals surface area contributed by atoms with Crippen LogP contribution in [0, 0.1) is 6.92 Å². The van der Waals surface area contributed by atoms with Crippen LogP contribution in [0.4, 0.5) is 5.82 Å². The van der Waals surface area contributed by atoms with E-state index in [4.69, 9.17) is 0 Å². The molecule has 0 radical (unpaired) electrons. The first-order chi connectivity index (χ1) is 9.15. The largest absolute Gasteiger partial charge is 0.323 e. The molecule has 0 unspecified atom stereocenters. The Hall–Kier alpha value is -1.76. The van der Waals surface area contributed by atoms with E-state index in [9.17, 15) is 4.79 Å². The van der Waals surface area contributed by atoms with Gasteiger partial charge in [-0.1, -0.05) is 18.7 Å². The number of imidazole rings is 1. The van der Waals surface area contributed by atoms with Crippen molar-refractivity contribution >= 4 is 28.3 Å². The Bertz CT molecular complexity index is 658. The molecule has 0 saturated heterocycles. The molecular weight excluding hydrogens is 262 g/mol. The molecule has 0 aliphatic heterocycles. The van der Waals surface area contributed by atoms with E-state index in [-0.39, 0.29) is 5.56 Å². The molecule has 0 amide bonds. The molecule has 0 aliphatic carbocycles. The van der Waals surface area contributed by atoms with Crippen LogP contribution in [-0.4, -0.2) is 32.3 Å². The predicted octanol–water partition coefficient (Wildman–Crippen LogP) is 1.87. The van der Waals surface area contributed by atoms with Gasteiger partial charge in [0.25, 0.3) is 5.56 Å². The lowest BCUT2D eigenvalue weighted by Gasteiger charge is -2.06. The number of H-pyrrole nitrogens is 1. The van der Waals surface area contributed by atoms with Gasteiger partial charge < -0.3 is 10.3 Å². The van der Waals surface area contributed by atoms with Crippen LogP contribution in [0.25, 0.3) is 5.52 Å². The molecule has 0 bridgehead atoms. The van der Waals surface area contributed by atoms with Gasteiger partial charge in [0.1, 0.15) is 6.33 Å². The minimum Gasteiger partial charge on any atom is -0.323 e. The summed E-state index contributed by atoms with van der Waals surface area (Å²) in [5.41, 5.74) is 1.14. The molecular formula is C12H17N5OS. The minimum atomic E-state index is -0.157. The molecule has 6 nitrogen and oxygen atoms in total. The molecule has 0 fully saturated rings. The second kappa shape index (κ2) is 5.92. The maximum Gasteiger partial charge on any atom is 0.276 e. The highest BCUT2D eigenvalue weighted by molar-refractivity contribution is 8.14. The van der Waals surface area contributed by atoms with Gasteiger partial charge in [0.05, 0.1) is 0 Å². The summed E-state index contributed by atoms with van der Waals surface area (Å²) < 4.78 is 1.72. The highest BCUT2D eigenvalue weighted by Crippen LogP contribution is 2.14. The number of nitrogens with zero attached hydrogens (tertiary/aromatic N) is 3. The molecule has 7 heteroatoms. The van der Waals surface area contributed by atoms with Crippen molar-refractivity contribution in [3.8, 4) is 0 Å². The first-order valence-electron chi connectivity index (χ1n) is 6.09. The number of aliphatic imine (C=N–C) groups is 1. The Balaban J connectivity index is 2.33. The van der Waals surface area contributed by atoms with Crippen molar-refractivity contribution in [2.45, 2.75) is 20.3 Å². The number of aromatic nitrogens is 3. The molecule has 19 heavy (non-hydrogen) atoms. The number of anilines is 1. The zero-order valence-electron chi connectivity index (χ0n) is 11.2. The Morgan fingerprint density at radius 3 is 3.11 bits per heavy atom. The van der Waals surface area contributed by atoms with E-state index in [1.165, 1.54) is 0 Å². The summed E-state index contributed by atoms with van der Waals surface area (Å²) in [7, 11) is 1.72. The second-order valence-corrected chi connectivity index (χ2v) is 5.20. The number of rotatable bonds is 3. The number of aromatic amines is 1. The number of aryl methyl sites for hydroxylation is 1. The third-order valence-electron chi connectivity index (χ3n) is 2.52. The summed E-state index contributed by atoms with van der Waals surface area (Å²) in [6.45, 7) is 3.95. The molecule has 2 rings (SSSR count). The summed E-state index contributed by atoms with van der Waals surface area (Å²) in [6.07, 6.45) is 4.52. The van der Waals surface area contributed by atoms with Crippen molar-refractivity contribution in [3.05, 3.63) is 28.6 Å². The molecule has 0 atom stereocenters. The molecule has 0 aliphatic rings. The smallest absolute Gasteiger partial charge is 0.276 e. The molecule has 2 N–H and O–H groups in total. The van der Waals surface area contributed by atoms with Crippen molar-refractivity contribution in [2.24, 2.45) is 4.99 Å². The summed E-state index contributed by atoms with van der Waals surface area (Å²) in [6, 6.07) is 0. The lowest BCUT2D eigenvalue weighted by atomic mass is 10.4. The van der Waals surface area contributed by atoms with Crippen LogP contribution < -0.4 is 10.9 Å². The van der Waals surface area contributed by atoms with Crippen LogP contribution in [0.2, 0.25) is 0 Å². The van der Waals surface area contributed by atoms with Gasteiger partial charge in [0.2, 0.25) is 0 Å². The average molecular weight is 279 g/mol. The van der Waals surface area contributed by atoms with Crippen LogP contribution in [0.1, 0.15) is 19.0 Å². The Labute approximate surface area is 115 Å². The lowest BCUT2D eigenvalue weighted by molar-refractivity contribution is 1.04. The van der Waals surface area contributed by atoms with Crippen molar-refractivity contribution in [1.82, 2.24) is 14.4 Å². The highest BCUT2D eigenvalue weighted by Gasteiger charge is 2.10. The Morgan fingerprint density at radius 2 is 2.42 bits per heavy atom. The van der Waals surface area contributed by atoms with Crippen molar-refractivity contribution in [1.29, 1.82) is 0 Å². The number of amidine groups is 1. The van der Waals surface area contributed by atoms with Gasteiger partial charge in [-0.2, -0.15) is 0 Å². The number of hydrogen-bond acceptors (Lipinski definition) is 4. The van der Waals surface area contributed by atoms with Crippen molar-refractivity contribution in [3.63, 3.8) is 0 Å². The fraction of sp³-hybridized carbons (Fsp3) is 0.417. The zero-order valence-corrected chi connectivity index (χ0v) is 12.0. The van der Waals surface area contributed by atoms with E-state index in [2.05, 4.69) is 27.2 Å². The molecule has 0 saturated carbocycles. The standard InChI is InChI=1S/C12H17N5OS/c1-4-5-19-12(13-3)16-10-9-11(18)15-8(2)6-17(9)7-14-10/h6-7H,4-5H2,1-3H3,(H,13,16)(H,15,18). The Morgan fingerprint density at radius 1 is 1.63 bits per heavy atom. The number of hydrogen-bond donors (Lipinski definition) is 2. The van der Waals surface area contributed by atoms with Crippen molar-refractivity contribution < 1.29 is 0 Å². The third-order valence-corrected chi connectivity index (χ3v) is 3.69. The second-order valence-electron chi connectivity index (χ2n) is 4.12. The van der Waals surface area contributed by atoms with E-state index >= 15 is 0 Å². The average Bonchev–Trinajstić information content (AvgIpc) is 2.77. The molecule has 2 aromatic heterocycles. The molecule has 102 valence electrons. The van der Waals surface area contributed by atoms with E-state index in [1.807, 2.05) is 13.1 Å². The first kappa shape index (κ1) is 13.7. The van der Waals surface area contributed by atoms with Crippen molar-refractivity contribution in [2.75, 3.05) is 18.1 Å². The molecule has 2 heterocycles. The third kappa shape index (κ3) is 2.98. The normalized spacial score (nSPS) is 12.1. The van der Waals surface area contributed by atoms with Crippen LogP contribution in [-0.2, 0) is 0 Å². The van der Waals surface area contributed by atoms with E-state index < -0.39 is 0 Å². The number of nitrogens with one attached hydrogen (secondary N) is 2. The fourth-order valence-corrected chi connectivity index (χ4v) is 2.41. The highest BCUT2D eigenvalue weighted by atomic mass is 32.2. The number of thioether (sulfide) groups is 1. The van der Waals surface area contributed by atoms with Crippen LogP contribution in [0.3, 0.4) is 0 Å². The SMILES string of the molecule is CCCSC(=NC)Nc1ncn2cc(C)[nH]c(=O)c12. The monoisotopic (exact) mass is 279 g/mol. The van der Waals surface area contributed by atoms with E-state index in [0.29, 0.717) is 11.3 Å². The van der Waals surface area contributed by atoms with Crippen LogP contribution in [0.15, 0.2) is 22.3 Å². The van der Waals surface area contributed by atoms with Gasteiger partial charge in [0, 0.05) is 24.7 Å². The van der Waals surface area contributed by atoms with Crippen LogP contribution >= 0.6 is 11.8 Å². The molecule has 0 spiro atoms. The first-order valence-corrected chi connectivity index (χ1v) is 7.07. The van der Waals surface area contributed by atoms with Gasteiger partial charge in [0.15, 0.2) is 16.5 Å². The summed E-state index contributed by atoms with van der Waals surface area (Å²) >= 11 is 1.61.